The molecule has 1 N–H and O–H groups in total. The van der Waals surface area contributed by atoms with Crippen LogP contribution in [0.5, 0.6) is 0 Å². The average Bonchev–Trinajstić information content (AvgIpc) is 3.07. The molecule has 2 aromatic carbocycles. The minimum Gasteiger partial charge on any atom is -0.353 e. The zero-order valence-corrected chi connectivity index (χ0v) is 15.8. The second kappa shape index (κ2) is 8.27. The highest BCUT2D eigenvalue weighted by molar-refractivity contribution is 8.00. The Balaban J connectivity index is 1.52. The minimum atomic E-state index is 0.0457. The Morgan fingerprint density at radius 2 is 1.84 bits per heavy atom. The summed E-state index contributed by atoms with van der Waals surface area (Å²) in [5.41, 5.74) is 4.43. The highest BCUT2D eigenvalue weighted by Crippen LogP contribution is 2.29. The van der Waals surface area contributed by atoms with Gasteiger partial charge in [0.2, 0.25) is 5.13 Å². The number of aryl methyl sites for hydroxylation is 2. The number of nitrogens with one attached hydrogen (secondary N) is 1. The molecule has 0 saturated carbocycles. The third-order valence-corrected chi connectivity index (χ3v) is 5.86. The summed E-state index contributed by atoms with van der Waals surface area (Å²) in [4.78, 5) is 12.2. The van der Waals surface area contributed by atoms with Gasteiger partial charge >= 0.3 is 0 Å². The summed E-state index contributed by atoms with van der Waals surface area (Å²) in [6, 6.07) is 15.9. The molecule has 0 bridgehead atoms. The van der Waals surface area contributed by atoms with Crippen molar-refractivity contribution < 1.29 is 4.79 Å². The average molecular weight is 370 g/mol. The quantitative estimate of drug-likeness (QED) is 0.481. The third kappa shape index (κ3) is 4.90. The van der Waals surface area contributed by atoms with Crippen LogP contribution >= 0.6 is 23.1 Å². The number of nitrogens with zero attached hydrogens (tertiary/aromatic N) is 2. The molecular weight excluding hydrogens is 350 g/mol. The molecular formula is C19H19N3OS2. The lowest BCUT2D eigenvalue weighted by Crippen LogP contribution is -2.13. The Bertz CT molecular complexity index is 859. The first-order valence-corrected chi connectivity index (χ1v) is 9.76. The highest BCUT2D eigenvalue weighted by Gasteiger charge is 2.09. The lowest BCUT2D eigenvalue weighted by molar-refractivity contribution is 0.101. The third-order valence-electron chi connectivity index (χ3n) is 3.79. The molecule has 1 heterocycles. The lowest BCUT2D eigenvalue weighted by atomic mass is 10.1. The lowest BCUT2D eigenvalue weighted by Gasteiger charge is -2.03. The summed E-state index contributed by atoms with van der Waals surface area (Å²) in [6.45, 7) is 4.34. The fourth-order valence-electron chi connectivity index (χ4n) is 2.25. The molecule has 3 rings (SSSR count). The largest absolute Gasteiger partial charge is 0.353 e. The standard InChI is InChI=1S/C19H19N3OS2/c1-13-7-9-15(10-8-13)17(23)11-20-18-21-22-19(25-18)24-12-16-6-4-3-5-14(16)2/h3-10H,11-12H2,1-2H3,(H,20,21). The van der Waals surface area contributed by atoms with Gasteiger partial charge in [-0.25, -0.2) is 0 Å². The summed E-state index contributed by atoms with van der Waals surface area (Å²) < 4.78 is 0.897. The van der Waals surface area contributed by atoms with Crippen LogP contribution in [0.1, 0.15) is 27.0 Å². The van der Waals surface area contributed by atoms with Gasteiger partial charge in [0.05, 0.1) is 6.54 Å². The Kier molecular flexibility index (Phi) is 5.83. The zero-order chi connectivity index (χ0) is 17.6. The van der Waals surface area contributed by atoms with Crippen molar-refractivity contribution >= 4 is 34.0 Å². The molecule has 0 aliphatic rings. The summed E-state index contributed by atoms with van der Waals surface area (Å²) in [7, 11) is 0. The number of ketones is 1. The molecule has 0 fully saturated rings. The number of hydrogen-bond acceptors (Lipinski definition) is 6. The number of thioether (sulfide) groups is 1. The summed E-state index contributed by atoms with van der Waals surface area (Å²) >= 11 is 3.14. The van der Waals surface area contributed by atoms with Crippen molar-refractivity contribution in [3.63, 3.8) is 0 Å². The van der Waals surface area contributed by atoms with Gasteiger partial charge in [0.15, 0.2) is 10.1 Å². The predicted molar refractivity (Wildman–Crippen MR) is 105 cm³/mol. The first kappa shape index (κ1) is 17.6. The molecule has 0 aliphatic carbocycles. The molecule has 0 amide bonds. The van der Waals surface area contributed by atoms with E-state index in [0.29, 0.717) is 10.7 Å². The van der Waals surface area contributed by atoms with Crippen LogP contribution in [0.25, 0.3) is 0 Å². The van der Waals surface area contributed by atoms with Crippen LogP contribution in [0.2, 0.25) is 0 Å². The number of Topliss-reactive ketones (excluding diaryl/α,β-unsaturated/α-hetero) is 1. The first-order chi connectivity index (χ1) is 12.1. The van der Waals surface area contributed by atoms with Gasteiger partial charge in [0.25, 0.3) is 0 Å². The second-order valence-electron chi connectivity index (χ2n) is 5.73. The Hall–Kier alpha value is -2.18. The van der Waals surface area contributed by atoms with Crippen molar-refractivity contribution in [3.8, 4) is 0 Å². The molecule has 25 heavy (non-hydrogen) atoms. The molecule has 0 saturated heterocycles. The van der Waals surface area contributed by atoms with E-state index in [1.54, 1.807) is 11.8 Å². The Morgan fingerprint density at radius 1 is 1.08 bits per heavy atom. The molecule has 0 spiro atoms. The van der Waals surface area contributed by atoms with E-state index in [4.69, 9.17) is 0 Å². The second-order valence-corrected chi connectivity index (χ2v) is 7.93. The van der Waals surface area contributed by atoms with Gasteiger partial charge < -0.3 is 5.32 Å². The van der Waals surface area contributed by atoms with Crippen LogP contribution in [-0.2, 0) is 5.75 Å². The molecule has 0 atom stereocenters. The van der Waals surface area contributed by atoms with Crippen molar-refractivity contribution in [2.24, 2.45) is 0 Å². The Labute approximate surface area is 155 Å². The summed E-state index contributed by atoms with van der Waals surface area (Å²) in [5.74, 6) is 0.910. The minimum absolute atomic E-state index is 0.0457. The van der Waals surface area contributed by atoms with Gasteiger partial charge in [-0.15, -0.1) is 10.2 Å². The number of aromatic nitrogens is 2. The van der Waals surface area contributed by atoms with E-state index < -0.39 is 0 Å². The molecule has 0 unspecified atom stereocenters. The van der Waals surface area contributed by atoms with Gasteiger partial charge in [0.1, 0.15) is 0 Å². The number of rotatable bonds is 7. The monoisotopic (exact) mass is 369 g/mol. The number of carbonyl (C=O) groups is 1. The van der Waals surface area contributed by atoms with Gasteiger partial charge in [0, 0.05) is 11.3 Å². The van der Waals surface area contributed by atoms with Crippen LogP contribution in [0.15, 0.2) is 52.9 Å². The van der Waals surface area contributed by atoms with Crippen LogP contribution in [-0.4, -0.2) is 22.5 Å². The smallest absolute Gasteiger partial charge is 0.206 e. The topological polar surface area (TPSA) is 54.9 Å². The van der Waals surface area contributed by atoms with Gasteiger partial charge in [-0.1, -0.05) is 77.2 Å². The molecule has 3 aromatic rings. The van der Waals surface area contributed by atoms with E-state index in [1.807, 2.05) is 43.3 Å². The van der Waals surface area contributed by atoms with Crippen molar-refractivity contribution in [1.29, 1.82) is 0 Å². The van der Waals surface area contributed by atoms with Crippen LogP contribution in [0, 0.1) is 13.8 Å². The van der Waals surface area contributed by atoms with Crippen molar-refractivity contribution in [2.75, 3.05) is 11.9 Å². The first-order valence-electron chi connectivity index (χ1n) is 7.96. The summed E-state index contributed by atoms with van der Waals surface area (Å²) in [6.07, 6.45) is 0. The fraction of sp³-hybridized carbons (Fsp3) is 0.211. The van der Waals surface area contributed by atoms with Crippen LogP contribution in [0.4, 0.5) is 5.13 Å². The summed E-state index contributed by atoms with van der Waals surface area (Å²) in [5, 5.41) is 12.0. The predicted octanol–water partition coefficient (Wildman–Crippen LogP) is 4.74. The zero-order valence-electron chi connectivity index (χ0n) is 14.2. The Morgan fingerprint density at radius 3 is 2.60 bits per heavy atom. The normalized spacial score (nSPS) is 10.6. The van der Waals surface area contributed by atoms with Gasteiger partial charge in [-0.05, 0) is 25.0 Å². The maximum atomic E-state index is 12.2. The molecule has 0 radical (unpaired) electrons. The van der Waals surface area contributed by atoms with E-state index in [1.165, 1.54) is 22.5 Å². The van der Waals surface area contributed by atoms with E-state index >= 15 is 0 Å². The van der Waals surface area contributed by atoms with E-state index in [9.17, 15) is 4.79 Å². The molecule has 1 aromatic heterocycles. The van der Waals surface area contributed by atoms with Crippen molar-refractivity contribution in [3.05, 3.63) is 70.8 Å². The SMILES string of the molecule is Cc1ccc(C(=O)CNc2nnc(SCc3ccccc3C)s2)cc1. The fourth-order valence-corrected chi connectivity index (χ4v) is 4.07. The van der Waals surface area contributed by atoms with Crippen LogP contribution in [0.3, 0.4) is 0 Å². The molecule has 0 aliphatic heterocycles. The maximum absolute atomic E-state index is 12.2. The van der Waals surface area contributed by atoms with E-state index in [2.05, 4.69) is 34.6 Å². The van der Waals surface area contributed by atoms with Crippen molar-refractivity contribution in [1.82, 2.24) is 10.2 Å². The maximum Gasteiger partial charge on any atom is 0.206 e. The van der Waals surface area contributed by atoms with Gasteiger partial charge in [-0.2, -0.15) is 0 Å². The van der Waals surface area contributed by atoms with E-state index in [0.717, 1.165) is 15.7 Å². The molecule has 6 heteroatoms. The molecule has 4 nitrogen and oxygen atoms in total. The molecule has 128 valence electrons. The number of hydrogen-bond donors (Lipinski definition) is 1. The number of carbonyl (C=O) groups excluding carboxylic acids is 1. The van der Waals surface area contributed by atoms with E-state index in [-0.39, 0.29) is 12.3 Å². The van der Waals surface area contributed by atoms with Crippen LogP contribution < -0.4 is 5.32 Å². The highest BCUT2D eigenvalue weighted by atomic mass is 32.2. The number of anilines is 1. The van der Waals surface area contributed by atoms with Crippen molar-refractivity contribution in [2.45, 2.75) is 23.9 Å². The van der Waals surface area contributed by atoms with Gasteiger partial charge in [-0.3, -0.25) is 4.79 Å². The number of benzene rings is 2.